The number of nitrogens with zero attached hydrogens (tertiary/aromatic N) is 4. The third-order valence-electron chi connectivity index (χ3n) is 6.55. The molecule has 34 heavy (non-hydrogen) atoms. The molecule has 1 aliphatic heterocycles. The number of fused-ring (bicyclic) bond motifs is 1. The zero-order chi connectivity index (χ0) is 23.3. The van der Waals surface area contributed by atoms with Crippen LogP contribution < -0.4 is 15.2 Å². The second-order valence-electron chi connectivity index (χ2n) is 8.63. The molecule has 0 spiro atoms. The van der Waals surface area contributed by atoms with Crippen molar-refractivity contribution in [2.45, 2.75) is 13.0 Å². The van der Waals surface area contributed by atoms with Gasteiger partial charge in [-0.1, -0.05) is 54.6 Å². The number of rotatable bonds is 7. The van der Waals surface area contributed by atoms with Crippen LogP contribution in [0.5, 0.6) is 5.75 Å². The van der Waals surface area contributed by atoms with E-state index in [0.717, 1.165) is 67.5 Å². The van der Waals surface area contributed by atoms with Crippen LogP contribution in [0.3, 0.4) is 0 Å². The van der Waals surface area contributed by atoms with Crippen LogP contribution in [0.4, 0.5) is 5.69 Å². The summed E-state index contributed by atoms with van der Waals surface area (Å²) in [5.41, 5.74) is 2.90. The lowest BCUT2D eigenvalue weighted by molar-refractivity contribution is 0.249. The molecule has 1 fully saturated rings. The summed E-state index contributed by atoms with van der Waals surface area (Å²) in [7, 11) is 1.72. The molecule has 2 heterocycles. The number of ether oxygens (including phenoxy) is 1. The van der Waals surface area contributed by atoms with Crippen molar-refractivity contribution < 1.29 is 4.74 Å². The maximum atomic E-state index is 13.4. The molecule has 1 saturated heterocycles. The molecule has 0 atom stereocenters. The van der Waals surface area contributed by atoms with Crippen LogP contribution in [-0.2, 0) is 6.54 Å². The van der Waals surface area contributed by atoms with Gasteiger partial charge < -0.3 is 9.64 Å². The Kier molecular flexibility index (Phi) is 6.58. The minimum absolute atomic E-state index is 0.0328. The van der Waals surface area contributed by atoms with Crippen molar-refractivity contribution >= 4 is 16.6 Å². The van der Waals surface area contributed by atoms with Crippen molar-refractivity contribution in [2.75, 3.05) is 44.7 Å². The average Bonchev–Trinajstić information content (AvgIpc) is 2.90. The van der Waals surface area contributed by atoms with Crippen LogP contribution in [0.25, 0.3) is 22.3 Å². The van der Waals surface area contributed by atoms with E-state index in [2.05, 4.69) is 21.9 Å². The van der Waals surface area contributed by atoms with Crippen LogP contribution in [0.2, 0.25) is 0 Å². The summed E-state index contributed by atoms with van der Waals surface area (Å²) in [6, 6.07) is 25.8. The fourth-order valence-corrected chi connectivity index (χ4v) is 4.74. The van der Waals surface area contributed by atoms with E-state index in [1.165, 1.54) is 0 Å². The third-order valence-corrected chi connectivity index (χ3v) is 6.55. The Morgan fingerprint density at radius 1 is 0.824 bits per heavy atom. The van der Waals surface area contributed by atoms with E-state index in [1.54, 1.807) is 7.11 Å². The SMILES string of the molecule is COc1ccccc1N1CCN(CCCn2c(-c3ccccc3)nc3ccccc3c2=O)CC1. The summed E-state index contributed by atoms with van der Waals surface area (Å²) in [6.07, 6.45) is 0.897. The fraction of sp³-hybridized carbons (Fsp3) is 0.286. The van der Waals surface area contributed by atoms with Gasteiger partial charge in [-0.25, -0.2) is 4.98 Å². The Labute approximate surface area is 200 Å². The topological polar surface area (TPSA) is 50.6 Å². The second-order valence-corrected chi connectivity index (χ2v) is 8.63. The predicted molar refractivity (Wildman–Crippen MR) is 138 cm³/mol. The van der Waals surface area contributed by atoms with E-state index in [-0.39, 0.29) is 5.56 Å². The normalized spacial score (nSPS) is 14.4. The Balaban J connectivity index is 1.28. The Bertz CT molecular complexity index is 1310. The fourth-order valence-electron chi connectivity index (χ4n) is 4.74. The van der Waals surface area contributed by atoms with Gasteiger partial charge in [0.25, 0.3) is 5.56 Å². The van der Waals surface area contributed by atoms with Gasteiger partial charge in [-0.05, 0) is 37.2 Å². The van der Waals surface area contributed by atoms with Gasteiger partial charge in [0.15, 0.2) is 0 Å². The zero-order valence-corrected chi connectivity index (χ0v) is 19.6. The number of piperazine rings is 1. The smallest absolute Gasteiger partial charge is 0.261 e. The van der Waals surface area contributed by atoms with Crippen molar-refractivity contribution in [1.29, 1.82) is 0 Å². The summed E-state index contributed by atoms with van der Waals surface area (Å²) in [5, 5.41) is 0.674. The molecular weight excluding hydrogens is 424 g/mol. The lowest BCUT2D eigenvalue weighted by Crippen LogP contribution is -2.47. The number of aromatic nitrogens is 2. The van der Waals surface area contributed by atoms with Crippen LogP contribution in [-0.4, -0.2) is 54.3 Å². The summed E-state index contributed by atoms with van der Waals surface area (Å²) in [4.78, 5) is 23.1. The Morgan fingerprint density at radius 2 is 1.53 bits per heavy atom. The Morgan fingerprint density at radius 3 is 2.32 bits per heavy atom. The molecule has 0 aliphatic carbocycles. The molecule has 0 bridgehead atoms. The molecule has 1 aromatic heterocycles. The number of hydrogen-bond donors (Lipinski definition) is 0. The van der Waals surface area contributed by atoms with Crippen molar-refractivity contribution in [3.8, 4) is 17.1 Å². The standard InChI is InChI=1S/C28H30N4O2/c1-34-26-15-8-7-14-25(26)31-20-18-30(19-21-31)16-9-17-32-27(22-10-3-2-4-11-22)29-24-13-6-5-12-23(24)28(32)33/h2-8,10-15H,9,16-21H2,1H3. The van der Waals surface area contributed by atoms with Crippen LogP contribution in [0.1, 0.15) is 6.42 Å². The molecule has 1 aliphatic rings. The first-order valence-electron chi connectivity index (χ1n) is 11.9. The third kappa shape index (κ3) is 4.54. The molecule has 0 N–H and O–H groups in total. The molecular formula is C28H30N4O2. The molecule has 0 amide bonds. The summed E-state index contributed by atoms with van der Waals surface area (Å²) >= 11 is 0. The second kappa shape index (κ2) is 10.1. The van der Waals surface area contributed by atoms with Gasteiger partial charge in [0, 0.05) is 38.3 Å². The van der Waals surface area contributed by atoms with E-state index in [0.29, 0.717) is 11.9 Å². The highest BCUT2D eigenvalue weighted by atomic mass is 16.5. The number of anilines is 1. The van der Waals surface area contributed by atoms with E-state index in [9.17, 15) is 4.79 Å². The minimum Gasteiger partial charge on any atom is -0.495 e. The molecule has 5 rings (SSSR count). The summed E-state index contributed by atoms with van der Waals surface area (Å²) in [5.74, 6) is 1.66. The van der Waals surface area contributed by atoms with Crippen molar-refractivity contribution in [3.63, 3.8) is 0 Å². The lowest BCUT2D eigenvalue weighted by atomic mass is 10.1. The molecule has 0 saturated carbocycles. The maximum absolute atomic E-state index is 13.4. The van der Waals surface area contributed by atoms with Gasteiger partial charge in [0.1, 0.15) is 11.6 Å². The lowest BCUT2D eigenvalue weighted by Gasteiger charge is -2.36. The number of benzene rings is 3. The molecule has 3 aromatic carbocycles. The van der Waals surface area contributed by atoms with Gasteiger partial charge in [0.05, 0.1) is 23.7 Å². The van der Waals surface area contributed by atoms with Gasteiger partial charge in [-0.2, -0.15) is 0 Å². The van der Waals surface area contributed by atoms with Crippen LogP contribution >= 0.6 is 0 Å². The molecule has 0 unspecified atom stereocenters. The summed E-state index contributed by atoms with van der Waals surface area (Å²) < 4.78 is 7.39. The number of methoxy groups -OCH3 is 1. The predicted octanol–water partition coefficient (Wildman–Crippen LogP) is 4.28. The average molecular weight is 455 g/mol. The zero-order valence-electron chi connectivity index (χ0n) is 19.6. The molecule has 6 heteroatoms. The van der Waals surface area contributed by atoms with Crippen LogP contribution in [0, 0.1) is 0 Å². The first-order chi connectivity index (χ1) is 16.7. The monoisotopic (exact) mass is 454 g/mol. The maximum Gasteiger partial charge on any atom is 0.261 e. The highest BCUT2D eigenvalue weighted by molar-refractivity contribution is 5.79. The van der Waals surface area contributed by atoms with Crippen molar-refractivity contribution in [3.05, 3.63) is 89.2 Å². The van der Waals surface area contributed by atoms with E-state index in [4.69, 9.17) is 9.72 Å². The largest absolute Gasteiger partial charge is 0.495 e. The molecule has 4 aromatic rings. The van der Waals surface area contributed by atoms with E-state index < -0.39 is 0 Å². The quantitative estimate of drug-likeness (QED) is 0.417. The van der Waals surface area contributed by atoms with Crippen molar-refractivity contribution in [2.24, 2.45) is 0 Å². The minimum atomic E-state index is 0.0328. The first kappa shape index (κ1) is 22.2. The molecule has 6 nitrogen and oxygen atoms in total. The van der Waals surface area contributed by atoms with E-state index in [1.807, 2.05) is 71.3 Å². The van der Waals surface area contributed by atoms with Gasteiger partial charge in [0.2, 0.25) is 0 Å². The number of hydrogen-bond acceptors (Lipinski definition) is 5. The highest BCUT2D eigenvalue weighted by Gasteiger charge is 2.19. The number of para-hydroxylation sites is 3. The van der Waals surface area contributed by atoms with Gasteiger partial charge in [-0.3, -0.25) is 14.3 Å². The van der Waals surface area contributed by atoms with Crippen LogP contribution in [0.15, 0.2) is 83.7 Å². The van der Waals surface area contributed by atoms with Crippen molar-refractivity contribution in [1.82, 2.24) is 14.5 Å². The molecule has 174 valence electrons. The van der Waals surface area contributed by atoms with E-state index >= 15 is 0 Å². The van der Waals surface area contributed by atoms with Gasteiger partial charge in [-0.15, -0.1) is 0 Å². The Hall–Kier alpha value is -3.64. The van der Waals surface area contributed by atoms with Gasteiger partial charge >= 0.3 is 0 Å². The summed E-state index contributed by atoms with van der Waals surface area (Å²) in [6.45, 7) is 5.52. The first-order valence-corrected chi connectivity index (χ1v) is 11.9. The highest BCUT2D eigenvalue weighted by Crippen LogP contribution is 2.28. The molecule has 0 radical (unpaired) electrons.